The predicted octanol–water partition coefficient (Wildman–Crippen LogP) is 3.06. The maximum atomic E-state index is 11.7. The summed E-state index contributed by atoms with van der Waals surface area (Å²) in [5, 5.41) is 9.72. The molecule has 0 radical (unpaired) electrons. The van der Waals surface area contributed by atoms with Gasteiger partial charge in [0.25, 0.3) is 0 Å². The van der Waals surface area contributed by atoms with Gasteiger partial charge in [-0.2, -0.15) is 5.10 Å². The van der Waals surface area contributed by atoms with E-state index in [0.717, 1.165) is 16.9 Å². The molecule has 0 atom stereocenters. The number of nitrogens with zero attached hydrogens (tertiary/aromatic N) is 1. The van der Waals surface area contributed by atoms with Crippen molar-refractivity contribution >= 4 is 11.6 Å². The number of carbonyl (C=O) groups is 1. The van der Waals surface area contributed by atoms with E-state index in [1.54, 1.807) is 6.20 Å². The van der Waals surface area contributed by atoms with Crippen molar-refractivity contribution in [3.63, 3.8) is 0 Å². The van der Waals surface area contributed by atoms with Crippen molar-refractivity contribution in [3.8, 4) is 11.3 Å². The molecule has 4 nitrogen and oxygen atoms in total. The van der Waals surface area contributed by atoms with Crippen molar-refractivity contribution in [1.29, 1.82) is 0 Å². The second kappa shape index (κ2) is 5.49. The Kier molecular flexibility index (Phi) is 3.77. The zero-order chi connectivity index (χ0) is 13.0. The Balaban J connectivity index is 2.11. The first-order valence-corrected chi connectivity index (χ1v) is 6.05. The lowest BCUT2D eigenvalue weighted by molar-refractivity contribution is -0.116. The van der Waals surface area contributed by atoms with E-state index in [1.165, 1.54) is 0 Å². The molecule has 0 spiro atoms. The van der Waals surface area contributed by atoms with Crippen LogP contribution in [0.25, 0.3) is 11.3 Å². The Labute approximate surface area is 106 Å². The van der Waals surface area contributed by atoms with Crippen LogP contribution in [0.2, 0.25) is 0 Å². The van der Waals surface area contributed by atoms with Gasteiger partial charge in [0.2, 0.25) is 5.91 Å². The second-order valence-electron chi connectivity index (χ2n) is 4.70. The highest BCUT2D eigenvalue weighted by molar-refractivity contribution is 5.91. The van der Waals surface area contributed by atoms with Gasteiger partial charge in [-0.15, -0.1) is 0 Å². The summed E-state index contributed by atoms with van der Waals surface area (Å²) in [6.07, 6.45) is 2.24. The van der Waals surface area contributed by atoms with Crippen LogP contribution in [-0.2, 0) is 4.79 Å². The van der Waals surface area contributed by atoms with Crippen LogP contribution in [0.15, 0.2) is 36.5 Å². The van der Waals surface area contributed by atoms with Crippen LogP contribution >= 0.6 is 0 Å². The van der Waals surface area contributed by atoms with Crippen LogP contribution in [0.1, 0.15) is 20.3 Å². The second-order valence-corrected chi connectivity index (χ2v) is 4.70. The van der Waals surface area contributed by atoms with Crippen molar-refractivity contribution in [3.05, 3.63) is 36.5 Å². The highest BCUT2D eigenvalue weighted by Gasteiger charge is 2.06. The lowest BCUT2D eigenvalue weighted by Crippen LogP contribution is -2.13. The molecule has 94 valence electrons. The molecule has 0 bridgehead atoms. The van der Waals surface area contributed by atoms with E-state index >= 15 is 0 Å². The number of anilines is 1. The van der Waals surface area contributed by atoms with Gasteiger partial charge in [-0.1, -0.05) is 26.0 Å². The zero-order valence-corrected chi connectivity index (χ0v) is 10.6. The average Bonchev–Trinajstić information content (AvgIpc) is 2.81. The molecule has 0 aliphatic heterocycles. The van der Waals surface area contributed by atoms with Crippen LogP contribution in [0.3, 0.4) is 0 Å². The molecule has 2 rings (SSSR count). The summed E-state index contributed by atoms with van der Waals surface area (Å²) in [4.78, 5) is 11.7. The molecule has 0 unspecified atom stereocenters. The van der Waals surface area contributed by atoms with E-state index in [1.807, 2.05) is 44.2 Å². The summed E-state index contributed by atoms with van der Waals surface area (Å²) >= 11 is 0. The fraction of sp³-hybridized carbons (Fsp3) is 0.286. The minimum atomic E-state index is 0.0479. The first kappa shape index (κ1) is 12.4. The molecular formula is C14H17N3O. The maximum Gasteiger partial charge on any atom is 0.224 e. The number of rotatable bonds is 4. The maximum absolute atomic E-state index is 11.7. The highest BCUT2D eigenvalue weighted by atomic mass is 16.1. The van der Waals surface area contributed by atoms with E-state index in [4.69, 9.17) is 0 Å². The molecule has 1 aromatic heterocycles. The van der Waals surface area contributed by atoms with Gasteiger partial charge in [-0.05, 0) is 24.1 Å². The van der Waals surface area contributed by atoms with Gasteiger partial charge in [0, 0.05) is 23.9 Å². The van der Waals surface area contributed by atoms with Crippen LogP contribution in [0.5, 0.6) is 0 Å². The summed E-state index contributed by atoms with van der Waals surface area (Å²) in [5.74, 6) is 0.410. The fourth-order valence-corrected chi connectivity index (χ4v) is 1.76. The Hall–Kier alpha value is -2.10. The number of carbonyl (C=O) groups excluding carboxylic acids is 1. The molecule has 0 fully saturated rings. The normalized spacial score (nSPS) is 10.6. The molecule has 2 aromatic rings. The Morgan fingerprint density at radius 2 is 2.22 bits per heavy atom. The number of hydrogen-bond donors (Lipinski definition) is 2. The van der Waals surface area contributed by atoms with Gasteiger partial charge in [0.1, 0.15) is 0 Å². The van der Waals surface area contributed by atoms with E-state index in [9.17, 15) is 4.79 Å². The number of aromatic nitrogens is 2. The molecule has 0 saturated heterocycles. The Bertz CT molecular complexity index is 518. The van der Waals surface area contributed by atoms with E-state index in [0.29, 0.717) is 12.3 Å². The predicted molar refractivity (Wildman–Crippen MR) is 72.1 cm³/mol. The van der Waals surface area contributed by atoms with Crippen molar-refractivity contribution in [2.75, 3.05) is 5.32 Å². The molecule has 1 heterocycles. The number of H-pyrrole nitrogens is 1. The summed E-state index contributed by atoms with van der Waals surface area (Å²) in [6.45, 7) is 4.06. The lowest BCUT2D eigenvalue weighted by atomic mass is 10.1. The third-order valence-corrected chi connectivity index (χ3v) is 2.55. The molecular weight excluding hydrogens is 226 g/mol. The number of hydrogen-bond acceptors (Lipinski definition) is 2. The third-order valence-electron chi connectivity index (χ3n) is 2.55. The summed E-state index contributed by atoms with van der Waals surface area (Å²) in [7, 11) is 0. The smallest absolute Gasteiger partial charge is 0.224 e. The van der Waals surface area contributed by atoms with Crippen molar-refractivity contribution in [2.24, 2.45) is 5.92 Å². The highest BCUT2D eigenvalue weighted by Crippen LogP contribution is 2.20. The van der Waals surface area contributed by atoms with Crippen LogP contribution in [0.4, 0.5) is 5.69 Å². The third kappa shape index (κ3) is 3.20. The summed E-state index contributed by atoms with van der Waals surface area (Å²) < 4.78 is 0. The Morgan fingerprint density at radius 3 is 2.89 bits per heavy atom. The van der Waals surface area contributed by atoms with Gasteiger partial charge in [-0.3, -0.25) is 9.89 Å². The fourth-order valence-electron chi connectivity index (χ4n) is 1.76. The topological polar surface area (TPSA) is 57.8 Å². The molecule has 2 N–H and O–H groups in total. The largest absolute Gasteiger partial charge is 0.326 e. The number of benzene rings is 1. The van der Waals surface area contributed by atoms with E-state index in [2.05, 4.69) is 15.5 Å². The van der Waals surface area contributed by atoms with Gasteiger partial charge in [0.05, 0.1) is 5.69 Å². The van der Waals surface area contributed by atoms with Gasteiger partial charge in [0.15, 0.2) is 0 Å². The average molecular weight is 243 g/mol. The van der Waals surface area contributed by atoms with Gasteiger partial charge >= 0.3 is 0 Å². The van der Waals surface area contributed by atoms with E-state index < -0.39 is 0 Å². The van der Waals surface area contributed by atoms with Crippen molar-refractivity contribution < 1.29 is 4.79 Å². The van der Waals surface area contributed by atoms with Crippen LogP contribution < -0.4 is 5.32 Å². The number of aromatic amines is 1. The molecule has 4 heteroatoms. The summed E-state index contributed by atoms with van der Waals surface area (Å²) in [6, 6.07) is 9.62. The number of nitrogens with one attached hydrogen (secondary N) is 2. The number of amides is 1. The summed E-state index contributed by atoms with van der Waals surface area (Å²) in [5.41, 5.74) is 2.76. The van der Waals surface area contributed by atoms with Gasteiger partial charge in [-0.25, -0.2) is 0 Å². The quantitative estimate of drug-likeness (QED) is 0.867. The first-order valence-electron chi connectivity index (χ1n) is 6.05. The molecule has 18 heavy (non-hydrogen) atoms. The standard InChI is InChI=1S/C14H17N3O/c1-10(2)8-14(18)16-12-5-3-4-11(9-12)13-6-7-15-17-13/h3-7,9-10H,8H2,1-2H3,(H,15,17)(H,16,18). The van der Waals surface area contributed by atoms with Crippen molar-refractivity contribution in [2.45, 2.75) is 20.3 Å². The van der Waals surface area contributed by atoms with Gasteiger partial charge < -0.3 is 5.32 Å². The minimum Gasteiger partial charge on any atom is -0.326 e. The van der Waals surface area contributed by atoms with Crippen LogP contribution in [0, 0.1) is 5.92 Å². The van der Waals surface area contributed by atoms with Crippen molar-refractivity contribution in [1.82, 2.24) is 10.2 Å². The Morgan fingerprint density at radius 1 is 1.39 bits per heavy atom. The minimum absolute atomic E-state index is 0.0479. The SMILES string of the molecule is CC(C)CC(=O)Nc1cccc(-c2ccn[nH]2)c1. The molecule has 0 aliphatic carbocycles. The lowest BCUT2D eigenvalue weighted by Gasteiger charge is -2.08. The molecule has 1 amide bonds. The first-order chi connectivity index (χ1) is 8.65. The monoisotopic (exact) mass is 243 g/mol. The molecule has 0 saturated carbocycles. The van der Waals surface area contributed by atoms with Crippen LogP contribution in [-0.4, -0.2) is 16.1 Å². The molecule has 0 aliphatic rings. The van der Waals surface area contributed by atoms with E-state index in [-0.39, 0.29) is 5.91 Å². The molecule has 1 aromatic carbocycles. The zero-order valence-electron chi connectivity index (χ0n) is 10.6.